The number of nitrogens with one attached hydrogen (secondary N) is 1. The van der Waals surface area contributed by atoms with Crippen LogP contribution in [0.5, 0.6) is 0 Å². The number of nitriles is 1. The van der Waals surface area contributed by atoms with Crippen LogP contribution in [0.2, 0.25) is 0 Å². The molecular weight excluding hydrogens is 274 g/mol. The molecular formula is C18H15N3O. The van der Waals surface area contributed by atoms with Crippen LogP contribution in [0.25, 0.3) is 10.9 Å². The first-order valence-electron chi connectivity index (χ1n) is 7.02. The van der Waals surface area contributed by atoms with E-state index in [0.29, 0.717) is 5.56 Å². The summed E-state index contributed by atoms with van der Waals surface area (Å²) < 4.78 is 1.80. The summed E-state index contributed by atoms with van der Waals surface area (Å²) in [6.45, 7) is 2.16. The molecule has 1 amide bonds. The second kappa shape index (κ2) is 5.74. The first-order chi connectivity index (χ1) is 10.7. The zero-order chi connectivity index (χ0) is 15.5. The van der Waals surface area contributed by atoms with Crippen molar-refractivity contribution in [1.29, 1.82) is 5.26 Å². The van der Waals surface area contributed by atoms with Crippen molar-refractivity contribution in [2.45, 2.75) is 13.5 Å². The van der Waals surface area contributed by atoms with Gasteiger partial charge in [-0.05, 0) is 30.7 Å². The van der Waals surface area contributed by atoms with Crippen molar-refractivity contribution in [1.82, 2.24) is 4.57 Å². The molecule has 0 fully saturated rings. The van der Waals surface area contributed by atoms with Crippen molar-refractivity contribution in [3.8, 4) is 6.07 Å². The average molecular weight is 289 g/mol. The minimum absolute atomic E-state index is 0.115. The molecule has 22 heavy (non-hydrogen) atoms. The minimum atomic E-state index is -0.115. The number of fused-ring (bicyclic) bond motifs is 1. The van der Waals surface area contributed by atoms with Gasteiger partial charge in [0.05, 0.1) is 5.56 Å². The Balaban J connectivity index is 1.84. The molecule has 0 aliphatic heterocycles. The van der Waals surface area contributed by atoms with Gasteiger partial charge in [0.2, 0.25) is 5.91 Å². The highest BCUT2D eigenvalue weighted by molar-refractivity contribution is 5.93. The summed E-state index contributed by atoms with van der Waals surface area (Å²) in [5.41, 5.74) is 3.34. The van der Waals surface area contributed by atoms with Crippen molar-refractivity contribution in [2.24, 2.45) is 0 Å². The van der Waals surface area contributed by atoms with E-state index < -0.39 is 0 Å². The van der Waals surface area contributed by atoms with Crippen LogP contribution in [0.15, 0.2) is 54.7 Å². The van der Waals surface area contributed by atoms with Gasteiger partial charge in [-0.1, -0.05) is 30.3 Å². The lowest BCUT2D eigenvalue weighted by molar-refractivity contribution is -0.116. The van der Waals surface area contributed by atoms with E-state index >= 15 is 0 Å². The molecule has 4 nitrogen and oxygen atoms in total. The van der Waals surface area contributed by atoms with Crippen molar-refractivity contribution in [3.05, 3.63) is 65.9 Å². The highest BCUT2D eigenvalue weighted by atomic mass is 16.1. The SMILES string of the molecule is Cc1cccc(NC(=O)Cn2cc(C#N)c3ccccc32)c1. The fraction of sp³-hybridized carbons (Fsp3) is 0.111. The van der Waals surface area contributed by atoms with Gasteiger partial charge in [0.15, 0.2) is 0 Å². The van der Waals surface area contributed by atoms with E-state index in [9.17, 15) is 10.1 Å². The maximum atomic E-state index is 12.2. The number of hydrogen-bond donors (Lipinski definition) is 1. The van der Waals surface area contributed by atoms with Gasteiger partial charge in [0.1, 0.15) is 12.6 Å². The topological polar surface area (TPSA) is 57.8 Å². The van der Waals surface area contributed by atoms with E-state index in [2.05, 4.69) is 11.4 Å². The molecule has 1 heterocycles. The van der Waals surface area contributed by atoms with E-state index in [1.807, 2.05) is 55.5 Å². The van der Waals surface area contributed by atoms with Gasteiger partial charge < -0.3 is 9.88 Å². The molecule has 0 saturated heterocycles. The number of rotatable bonds is 3. The number of hydrogen-bond acceptors (Lipinski definition) is 2. The number of aryl methyl sites for hydroxylation is 1. The van der Waals surface area contributed by atoms with Crippen molar-refractivity contribution >= 4 is 22.5 Å². The summed E-state index contributed by atoms with van der Waals surface area (Å²) in [5, 5.41) is 12.9. The lowest BCUT2D eigenvalue weighted by Gasteiger charge is -2.08. The number of anilines is 1. The standard InChI is InChI=1S/C18H15N3O/c1-13-5-4-6-15(9-13)20-18(22)12-21-11-14(10-19)16-7-2-3-8-17(16)21/h2-9,11H,12H2,1H3,(H,20,22). The van der Waals surface area contributed by atoms with Crippen LogP contribution >= 0.6 is 0 Å². The molecule has 1 aromatic heterocycles. The molecule has 0 atom stereocenters. The van der Waals surface area contributed by atoms with E-state index in [0.717, 1.165) is 22.2 Å². The monoisotopic (exact) mass is 289 g/mol. The van der Waals surface area contributed by atoms with E-state index in [-0.39, 0.29) is 12.5 Å². The van der Waals surface area contributed by atoms with Crippen LogP contribution in [0.1, 0.15) is 11.1 Å². The summed E-state index contributed by atoms with van der Waals surface area (Å²) in [6, 6.07) is 17.4. The molecule has 108 valence electrons. The van der Waals surface area contributed by atoms with Crippen molar-refractivity contribution < 1.29 is 4.79 Å². The Labute approximate surface area is 128 Å². The molecule has 0 bridgehead atoms. The largest absolute Gasteiger partial charge is 0.337 e. The minimum Gasteiger partial charge on any atom is -0.337 e. The Kier molecular flexibility index (Phi) is 3.63. The molecule has 3 aromatic rings. The molecule has 3 rings (SSSR count). The van der Waals surface area contributed by atoms with Gasteiger partial charge in [-0.15, -0.1) is 0 Å². The highest BCUT2D eigenvalue weighted by Gasteiger charge is 2.10. The zero-order valence-corrected chi connectivity index (χ0v) is 12.2. The molecule has 4 heteroatoms. The highest BCUT2D eigenvalue weighted by Crippen LogP contribution is 2.20. The Hall–Kier alpha value is -3.06. The summed E-state index contributed by atoms with van der Waals surface area (Å²) in [6.07, 6.45) is 1.72. The van der Waals surface area contributed by atoms with Gasteiger partial charge in [0.25, 0.3) is 0 Å². The Morgan fingerprint density at radius 2 is 2.05 bits per heavy atom. The van der Waals surface area contributed by atoms with Crippen molar-refractivity contribution in [3.63, 3.8) is 0 Å². The second-order valence-corrected chi connectivity index (χ2v) is 5.22. The lowest BCUT2D eigenvalue weighted by atomic mass is 10.2. The predicted octanol–water partition coefficient (Wildman–Crippen LogP) is 3.46. The molecule has 0 unspecified atom stereocenters. The fourth-order valence-electron chi connectivity index (χ4n) is 2.54. The maximum absolute atomic E-state index is 12.2. The van der Waals surface area contributed by atoms with Gasteiger partial charge >= 0.3 is 0 Å². The van der Waals surface area contributed by atoms with Crippen LogP contribution in [-0.2, 0) is 11.3 Å². The van der Waals surface area contributed by atoms with Gasteiger partial charge in [-0.25, -0.2) is 0 Å². The fourth-order valence-corrected chi connectivity index (χ4v) is 2.54. The lowest BCUT2D eigenvalue weighted by Crippen LogP contribution is -2.18. The molecule has 0 aliphatic rings. The Morgan fingerprint density at radius 1 is 1.23 bits per heavy atom. The number of benzene rings is 2. The van der Waals surface area contributed by atoms with Gasteiger partial charge in [-0.2, -0.15) is 5.26 Å². The normalized spacial score (nSPS) is 10.4. The molecule has 2 aromatic carbocycles. The predicted molar refractivity (Wildman–Crippen MR) is 86.5 cm³/mol. The third kappa shape index (κ3) is 2.70. The molecule has 0 radical (unpaired) electrons. The number of carbonyl (C=O) groups excluding carboxylic acids is 1. The summed E-state index contributed by atoms with van der Waals surface area (Å²) >= 11 is 0. The molecule has 1 N–H and O–H groups in total. The molecule has 0 spiro atoms. The number of nitrogens with zero attached hydrogens (tertiary/aromatic N) is 2. The Bertz CT molecular complexity index is 887. The van der Waals surface area contributed by atoms with Crippen LogP contribution in [-0.4, -0.2) is 10.5 Å². The number of aromatic nitrogens is 1. The first kappa shape index (κ1) is 13.9. The molecule has 0 aliphatic carbocycles. The van der Waals surface area contributed by atoms with Crippen LogP contribution in [0, 0.1) is 18.3 Å². The number of amides is 1. The number of carbonyl (C=O) groups is 1. The summed E-state index contributed by atoms with van der Waals surface area (Å²) in [7, 11) is 0. The summed E-state index contributed by atoms with van der Waals surface area (Å²) in [5.74, 6) is -0.115. The second-order valence-electron chi connectivity index (χ2n) is 5.22. The average Bonchev–Trinajstić information content (AvgIpc) is 2.85. The van der Waals surface area contributed by atoms with Gasteiger partial charge in [0, 0.05) is 22.8 Å². The molecule has 0 saturated carbocycles. The van der Waals surface area contributed by atoms with E-state index in [1.165, 1.54) is 0 Å². The van der Waals surface area contributed by atoms with E-state index in [1.54, 1.807) is 10.8 Å². The zero-order valence-electron chi connectivity index (χ0n) is 12.2. The third-order valence-corrected chi connectivity index (χ3v) is 3.52. The van der Waals surface area contributed by atoms with E-state index in [4.69, 9.17) is 0 Å². The van der Waals surface area contributed by atoms with Crippen LogP contribution in [0.3, 0.4) is 0 Å². The number of para-hydroxylation sites is 1. The smallest absolute Gasteiger partial charge is 0.244 e. The van der Waals surface area contributed by atoms with Crippen molar-refractivity contribution in [2.75, 3.05) is 5.32 Å². The summed E-state index contributed by atoms with van der Waals surface area (Å²) in [4.78, 5) is 12.2. The van der Waals surface area contributed by atoms with Crippen LogP contribution < -0.4 is 5.32 Å². The third-order valence-electron chi connectivity index (χ3n) is 3.52. The Morgan fingerprint density at radius 3 is 2.82 bits per heavy atom. The van der Waals surface area contributed by atoms with Crippen LogP contribution in [0.4, 0.5) is 5.69 Å². The first-order valence-corrected chi connectivity index (χ1v) is 7.02. The maximum Gasteiger partial charge on any atom is 0.244 e. The quantitative estimate of drug-likeness (QED) is 0.802. The van der Waals surface area contributed by atoms with Gasteiger partial charge in [-0.3, -0.25) is 4.79 Å².